The topological polar surface area (TPSA) is 57.8 Å². The molecule has 0 saturated carbocycles. The highest BCUT2D eigenvalue weighted by Crippen LogP contribution is 2.63. The first-order valence-corrected chi connectivity index (χ1v) is 25.8. The van der Waals surface area contributed by atoms with Gasteiger partial charge in [-0.25, -0.2) is 15.0 Å². The molecular weight excluding hydrogens is 927 g/mol. The van der Waals surface area contributed by atoms with Crippen LogP contribution in [0.1, 0.15) is 22.3 Å². The number of aromatic nitrogens is 5. The van der Waals surface area contributed by atoms with Crippen LogP contribution in [0.3, 0.4) is 0 Å². The average molecular weight is 970 g/mol. The SMILES string of the molecule is c1ccc(-c2nc(-c3ccccc3)nc(-c3ccc4c(c3)C3(c5ccccc5Oc5ccccc53)c3cc(-c5cccc6c5c5ccc7c8ccccc8n(-c8ccccc8)c7c5n6-c5ccccc5)ccc3-4)n2)cc1. The molecule has 0 atom stereocenters. The molecule has 1 aliphatic heterocycles. The van der Waals surface area contributed by atoms with Gasteiger partial charge in [0.1, 0.15) is 11.5 Å². The number of rotatable bonds is 6. The third kappa shape index (κ3) is 6.06. The van der Waals surface area contributed by atoms with Crippen LogP contribution in [0.25, 0.3) is 111 Å². The Hall–Kier alpha value is -10.2. The second kappa shape index (κ2) is 16.4. The lowest BCUT2D eigenvalue weighted by molar-refractivity contribution is 0.436. The molecule has 76 heavy (non-hydrogen) atoms. The lowest BCUT2D eigenvalue weighted by Crippen LogP contribution is -2.32. The van der Waals surface area contributed by atoms with Crippen molar-refractivity contribution in [2.75, 3.05) is 0 Å². The van der Waals surface area contributed by atoms with Gasteiger partial charge < -0.3 is 13.9 Å². The molecule has 14 aromatic rings. The average Bonchev–Trinajstić information content (AvgIpc) is 4.19. The Balaban J connectivity index is 0.970. The van der Waals surface area contributed by atoms with Gasteiger partial charge in [0.2, 0.25) is 0 Å². The molecule has 354 valence electrons. The van der Waals surface area contributed by atoms with Gasteiger partial charge in [-0.05, 0) is 94.0 Å². The largest absolute Gasteiger partial charge is 0.457 e. The van der Waals surface area contributed by atoms with Crippen LogP contribution in [0.15, 0.2) is 261 Å². The van der Waals surface area contributed by atoms with Gasteiger partial charge in [0, 0.05) is 60.7 Å². The molecular formula is C70H43N5O. The van der Waals surface area contributed by atoms with Crippen LogP contribution in [0, 0.1) is 0 Å². The van der Waals surface area contributed by atoms with E-state index in [-0.39, 0.29) is 0 Å². The van der Waals surface area contributed by atoms with Gasteiger partial charge in [-0.1, -0.05) is 200 Å². The fourth-order valence-corrected chi connectivity index (χ4v) is 12.7. The minimum atomic E-state index is -0.769. The van der Waals surface area contributed by atoms with Crippen molar-refractivity contribution in [3.05, 3.63) is 283 Å². The third-order valence-corrected chi connectivity index (χ3v) is 15.8. The summed E-state index contributed by atoms with van der Waals surface area (Å²) in [4.78, 5) is 15.5. The lowest BCUT2D eigenvalue weighted by Gasteiger charge is -2.39. The van der Waals surface area contributed by atoms with E-state index in [4.69, 9.17) is 19.7 Å². The van der Waals surface area contributed by atoms with Crippen molar-refractivity contribution in [2.24, 2.45) is 0 Å². The Morgan fingerprint density at radius 2 is 0.763 bits per heavy atom. The predicted molar refractivity (Wildman–Crippen MR) is 308 cm³/mol. The maximum atomic E-state index is 6.86. The van der Waals surface area contributed by atoms with E-state index >= 15 is 0 Å². The van der Waals surface area contributed by atoms with Crippen molar-refractivity contribution in [1.82, 2.24) is 24.1 Å². The van der Waals surface area contributed by atoms with Gasteiger partial charge >= 0.3 is 0 Å². The Bertz CT molecular complexity index is 4550. The Labute approximate surface area is 438 Å². The quantitative estimate of drug-likeness (QED) is 0.167. The van der Waals surface area contributed by atoms with Gasteiger partial charge in [0.05, 0.1) is 27.5 Å². The summed E-state index contributed by atoms with van der Waals surface area (Å²) < 4.78 is 11.8. The molecule has 16 rings (SSSR count). The van der Waals surface area contributed by atoms with Crippen LogP contribution in [0.4, 0.5) is 0 Å². The van der Waals surface area contributed by atoms with E-state index in [0.29, 0.717) is 17.5 Å². The van der Waals surface area contributed by atoms with Gasteiger partial charge in [0.15, 0.2) is 17.5 Å². The normalized spacial score (nSPS) is 12.9. The monoisotopic (exact) mass is 969 g/mol. The van der Waals surface area contributed by atoms with Gasteiger partial charge in [-0.15, -0.1) is 0 Å². The number of hydrogen-bond acceptors (Lipinski definition) is 4. The van der Waals surface area contributed by atoms with Crippen molar-refractivity contribution in [2.45, 2.75) is 5.41 Å². The van der Waals surface area contributed by atoms with Crippen molar-refractivity contribution < 1.29 is 4.74 Å². The highest BCUT2D eigenvalue weighted by molar-refractivity contribution is 6.26. The first kappa shape index (κ1) is 42.3. The number of ether oxygens (including phenoxy) is 1. The number of para-hydroxylation sites is 5. The van der Waals surface area contributed by atoms with Crippen LogP contribution in [0.2, 0.25) is 0 Å². The number of hydrogen-bond donors (Lipinski definition) is 0. The zero-order valence-corrected chi connectivity index (χ0v) is 41.0. The van der Waals surface area contributed by atoms with Crippen molar-refractivity contribution in [3.63, 3.8) is 0 Å². The Kier molecular flexibility index (Phi) is 9.15. The fraction of sp³-hybridized carbons (Fsp3) is 0.0143. The van der Waals surface area contributed by atoms with Crippen molar-refractivity contribution in [1.29, 1.82) is 0 Å². The second-order valence-electron chi connectivity index (χ2n) is 19.8. The molecule has 0 radical (unpaired) electrons. The summed E-state index contributed by atoms with van der Waals surface area (Å²) in [6.07, 6.45) is 0. The molecule has 3 aromatic heterocycles. The van der Waals surface area contributed by atoms with Crippen LogP contribution < -0.4 is 4.74 Å². The number of fused-ring (bicyclic) bond motifs is 16. The van der Waals surface area contributed by atoms with E-state index in [1.165, 1.54) is 49.2 Å². The third-order valence-electron chi connectivity index (χ3n) is 15.8. The maximum absolute atomic E-state index is 6.86. The first-order chi connectivity index (χ1) is 37.7. The summed E-state index contributed by atoms with van der Waals surface area (Å²) in [6.45, 7) is 0. The minimum absolute atomic E-state index is 0.609. The first-order valence-electron chi connectivity index (χ1n) is 25.8. The van der Waals surface area contributed by atoms with E-state index in [1.54, 1.807) is 0 Å². The molecule has 6 heteroatoms. The molecule has 0 saturated heterocycles. The fourth-order valence-electron chi connectivity index (χ4n) is 12.7. The lowest BCUT2D eigenvalue weighted by atomic mass is 9.65. The Morgan fingerprint density at radius 1 is 0.303 bits per heavy atom. The summed E-state index contributed by atoms with van der Waals surface area (Å²) >= 11 is 0. The summed E-state index contributed by atoms with van der Waals surface area (Å²) in [6, 6.07) is 93.4. The van der Waals surface area contributed by atoms with Crippen LogP contribution >= 0.6 is 0 Å². The molecule has 11 aromatic carbocycles. The highest BCUT2D eigenvalue weighted by Gasteiger charge is 2.51. The minimum Gasteiger partial charge on any atom is -0.457 e. The molecule has 4 heterocycles. The number of nitrogens with zero attached hydrogens (tertiary/aromatic N) is 5. The standard InChI is InChI=1S/C70H43N5O/c1-5-20-44(21-6-1)67-71-68(45-22-7-2-8-23-45)73-69(72-67)47-37-39-52-51-38-36-46(42-58(51)70(59(52)43-47)56-30-14-17-34-62(56)76-63-35-18-15-31-57(63)70)50-29-19-33-61-64(50)55-41-40-54-53-28-13-16-32-60(53)74(48-24-9-3-10-25-48)65(54)66(55)75(61)49-26-11-4-12-27-49/h1-43H. The predicted octanol–water partition coefficient (Wildman–Crippen LogP) is 17.2. The zero-order chi connectivity index (χ0) is 49.9. The second-order valence-corrected chi connectivity index (χ2v) is 19.8. The molecule has 6 nitrogen and oxygen atoms in total. The molecule has 0 N–H and O–H groups in total. The Morgan fingerprint density at radius 3 is 1.38 bits per heavy atom. The van der Waals surface area contributed by atoms with Crippen LogP contribution in [-0.4, -0.2) is 24.1 Å². The summed E-state index contributed by atoms with van der Waals surface area (Å²) in [5, 5.41) is 4.83. The molecule has 0 amide bonds. The molecule has 0 bridgehead atoms. The number of benzene rings is 11. The molecule has 1 aliphatic carbocycles. The van der Waals surface area contributed by atoms with E-state index in [1.807, 2.05) is 36.4 Å². The summed E-state index contributed by atoms with van der Waals surface area (Å²) in [5.74, 6) is 3.52. The molecule has 2 aliphatic rings. The summed E-state index contributed by atoms with van der Waals surface area (Å²) in [5.41, 5.74) is 18.0. The highest BCUT2D eigenvalue weighted by atomic mass is 16.5. The van der Waals surface area contributed by atoms with Gasteiger partial charge in [-0.2, -0.15) is 0 Å². The zero-order valence-electron chi connectivity index (χ0n) is 41.0. The molecule has 1 spiro atoms. The van der Waals surface area contributed by atoms with Crippen molar-refractivity contribution >= 4 is 43.6 Å². The van der Waals surface area contributed by atoms with Crippen molar-refractivity contribution in [3.8, 4) is 79.3 Å². The maximum Gasteiger partial charge on any atom is 0.164 e. The van der Waals surface area contributed by atoms with Gasteiger partial charge in [0.25, 0.3) is 0 Å². The van der Waals surface area contributed by atoms with Crippen LogP contribution in [-0.2, 0) is 5.41 Å². The molecule has 0 fully saturated rings. The smallest absolute Gasteiger partial charge is 0.164 e. The van der Waals surface area contributed by atoms with Crippen LogP contribution in [0.5, 0.6) is 11.5 Å². The van der Waals surface area contributed by atoms with E-state index in [9.17, 15) is 0 Å². The van der Waals surface area contributed by atoms with Gasteiger partial charge in [-0.3, -0.25) is 0 Å². The van der Waals surface area contributed by atoms with E-state index in [0.717, 1.165) is 78.5 Å². The molecule has 0 unspecified atom stereocenters. The summed E-state index contributed by atoms with van der Waals surface area (Å²) in [7, 11) is 0. The van der Waals surface area contributed by atoms with E-state index in [2.05, 4.69) is 234 Å². The van der Waals surface area contributed by atoms with E-state index < -0.39 is 5.41 Å².